The molecule has 0 amide bonds. The first-order valence-corrected chi connectivity index (χ1v) is 7.54. The fourth-order valence-corrected chi connectivity index (χ4v) is 2.85. The third kappa shape index (κ3) is 3.55. The number of rotatable bonds is 5. The molecular formula is C15H20N6O. The lowest BCUT2D eigenvalue weighted by molar-refractivity contribution is 0.160. The molecule has 0 aliphatic carbocycles. The molecule has 22 heavy (non-hydrogen) atoms. The predicted octanol–water partition coefficient (Wildman–Crippen LogP) is 1.18. The summed E-state index contributed by atoms with van der Waals surface area (Å²) in [6, 6.07) is 0. The molecule has 1 unspecified atom stereocenters. The van der Waals surface area contributed by atoms with Gasteiger partial charge in [0.25, 0.3) is 0 Å². The average molecular weight is 300 g/mol. The molecule has 0 saturated carbocycles. The Kier molecular flexibility index (Phi) is 4.87. The van der Waals surface area contributed by atoms with E-state index in [1.54, 1.807) is 31.0 Å². The SMILES string of the molecule is OCCN1CCCC(c2nccnc2Nc2cnccn2)C1. The number of aliphatic hydroxyl groups is 1. The number of hydrogen-bond acceptors (Lipinski definition) is 7. The second kappa shape index (κ2) is 7.24. The molecule has 7 heteroatoms. The van der Waals surface area contributed by atoms with Crippen molar-refractivity contribution in [1.29, 1.82) is 0 Å². The first-order valence-electron chi connectivity index (χ1n) is 7.54. The van der Waals surface area contributed by atoms with E-state index in [4.69, 9.17) is 5.11 Å². The smallest absolute Gasteiger partial charge is 0.153 e. The van der Waals surface area contributed by atoms with Gasteiger partial charge in [-0.3, -0.25) is 9.97 Å². The number of β-amino-alcohol motifs (C(OH)–C–C–N with tert-alkyl or cyclic N) is 1. The highest BCUT2D eigenvalue weighted by molar-refractivity contribution is 5.53. The molecular weight excluding hydrogens is 280 g/mol. The van der Waals surface area contributed by atoms with Crippen LogP contribution in [0.25, 0.3) is 0 Å². The largest absolute Gasteiger partial charge is 0.395 e. The summed E-state index contributed by atoms with van der Waals surface area (Å²) >= 11 is 0. The second-order valence-electron chi connectivity index (χ2n) is 5.37. The highest BCUT2D eigenvalue weighted by Gasteiger charge is 2.24. The number of aromatic nitrogens is 4. The van der Waals surface area contributed by atoms with Crippen molar-refractivity contribution in [2.75, 3.05) is 31.6 Å². The third-order valence-electron chi connectivity index (χ3n) is 3.84. The summed E-state index contributed by atoms with van der Waals surface area (Å²) in [5.41, 5.74) is 0.954. The molecule has 3 heterocycles. The Labute approximate surface area is 129 Å². The van der Waals surface area contributed by atoms with Crippen molar-refractivity contribution in [3.63, 3.8) is 0 Å². The van der Waals surface area contributed by atoms with Crippen molar-refractivity contribution in [2.45, 2.75) is 18.8 Å². The molecule has 2 aromatic rings. The van der Waals surface area contributed by atoms with Gasteiger partial charge in [0.1, 0.15) is 5.82 Å². The summed E-state index contributed by atoms with van der Waals surface area (Å²) in [5, 5.41) is 12.3. The van der Waals surface area contributed by atoms with E-state index in [1.807, 2.05) is 0 Å². The molecule has 116 valence electrons. The Balaban J connectivity index is 1.78. The molecule has 1 aliphatic rings. The molecule has 2 N–H and O–H groups in total. The van der Waals surface area contributed by atoms with Crippen LogP contribution in [0.2, 0.25) is 0 Å². The Morgan fingerprint density at radius 1 is 1.18 bits per heavy atom. The van der Waals surface area contributed by atoms with Crippen LogP contribution in [0.3, 0.4) is 0 Å². The first-order chi connectivity index (χ1) is 10.9. The molecule has 1 fully saturated rings. The number of piperidine rings is 1. The van der Waals surface area contributed by atoms with Crippen LogP contribution in [-0.2, 0) is 0 Å². The van der Waals surface area contributed by atoms with Gasteiger partial charge in [0.2, 0.25) is 0 Å². The molecule has 1 aliphatic heterocycles. The average Bonchev–Trinajstić information content (AvgIpc) is 2.57. The van der Waals surface area contributed by atoms with Crippen LogP contribution in [0, 0.1) is 0 Å². The third-order valence-corrected chi connectivity index (χ3v) is 3.84. The predicted molar refractivity (Wildman–Crippen MR) is 82.8 cm³/mol. The van der Waals surface area contributed by atoms with Gasteiger partial charge in [-0.1, -0.05) is 0 Å². The first kappa shape index (κ1) is 14.8. The fourth-order valence-electron chi connectivity index (χ4n) is 2.85. The van der Waals surface area contributed by atoms with Crippen LogP contribution in [0.4, 0.5) is 11.6 Å². The minimum atomic E-state index is 0.192. The van der Waals surface area contributed by atoms with E-state index in [1.165, 1.54) is 0 Å². The van der Waals surface area contributed by atoms with Crippen molar-refractivity contribution in [1.82, 2.24) is 24.8 Å². The van der Waals surface area contributed by atoms with E-state index >= 15 is 0 Å². The normalized spacial score (nSPS) is 19.0. The van der Waals surface area contributed by atoms with Crippen LogP contribution < -0.4 is 5.32 Å². The highest BCUT2D eigenvalue weighted by Crippen LogP contribution is 2.29. The van der Waals surface area contributed by atoms with Crippen molar-refractivity contribution in [3.8, 4) is 0 Å². The maximum Gasteiger partial charge on any atom is 0.153 e. The van der Waals surface area contributed by atoms with Gasteiger partial charge >= 0.3 is 0 Å². The van der Waals surface area contributed by atoms with Crippen LogP contribution in [0.15, 0.2) is 31.0 Å². The van der Waals surface area contributed by atoms with E-state index in [-0.39, 0.29) is 6.61 Å². The van der Waals surface area contributed by atoms with Crippen LogP contribution in [0.5, 0.6) is 0 Å². The summed E-state index contributed by atoms with van der Waals surface area (Å²) in [4.78, 5) is 19.5. The zero-order valence-corrected chi connectivity index (χ0v) is 12.4. The lowest BCUT2D eigenvalue weighted by Crippen LogP contribution is -2.36. The summed E-state index contributed by atoms with van der Waals surface area (Å²) in [6.45, 7) is 2.83. The Hall–Kier alpha value is -2.12. The molecule has 7 nitrogen and oxygen atoms in total. The minimum absolute atomic E-state index is 0.192. The summed E-state index contributed by atoms with van der Waals surface area (Å²) in [7, 11) is 0. The number of nitrogens with zero attached hydrogens (tertiary/aromatic N) is 5. The molecule has 0 aromatic carbocycles. The minimum Gasteiger partial charge on any atom is -0.395 e. The molecule has 0 spiro atoms. The number of aliphatic hydroxyl groups excluding tert-OH is 1. The summed E-state index contributed by atoms with van der Waals surface area (Å²) in [5.74, 6) is 1.71. The van der Waals surface area contributed by atoms with E-state index in [0.29, 0.717) is 18.3 Å². The summed E-state index contributed by atoms with van der Waals surface area (Å²) < 4.78 is 0. The van der Waals surface area contributed by atoms with E-state index < -0.39 is 0 Å². The lowest BCUT2D eigenvalue weighted by Gasteiger charge is -2.32. The maximum atomic E-state index is 9.13. The Morgan fingerprint density at radius 3 is 2.86 bits per heavy atom. The summed E-state index contributed by atoms with van der Waals surface area (Å²) in [6.07, 6.45) is 10.5. The van der Waals surface area contributed by atoms with Crippen molar-refractivity contribution < 1.29 is 5.11 Å². The number of likely N-dealkylation sites (tertiary alicyclic amines) is 1. The van der Waals surface area contributed by atoms with Gasteiger partial charge in [-0.05, 0) is 19.4 Å². The van der Waals surface area contributed by atoms with Gasteiger partial charge in [0.15, 0.2) is 5.82 Å². The topological polar surface area (TPSA) is 87.1 Å². The molecule has 2 aromatic heterocycles. The number of nitrogens with one attached hydrogen (secondary N) is 1. The Morgan fingerprint density at radius 2 is 2.05 bits per heavy atom. The van der Waals surface area contributed by atoms with E-state index in [2.05, 4.69) is 30.2 Å². The molecule has 0 radical (unpaired) electrons. The van der Waals surface area contributed by atoms with E-state index in [0.717, 1.165) is 37.4 Å². The molecule has 0 bridgehead atoms. The molecule has 1 saturated heterocycles. The lowest BCUT2D eigenvalue weighted by atomic mass is 9.94. The van der Waals surface area contributed by atoms with Gasteiger partial charge in [-0.15, -0.1) is 0 Å². The van der Waals surface area contributed by atoms with Gasteiger partial charge in [-0.25, -0.2) is 9.97 Å². The second-order valence-corrected chi connectivity index (χ2v) is 5.37. The standard InChI is InChI=1S/C15H20N6O/c22-9-8-21-7-1-2-12(11-21)14-15(19-6-5-18-14)20-13-10-16-3-4-17-13/h3-6,10,12,22H,1-2,7-9,11H2,(H,17,19,20). The number of anilines is 2. The van der Waals surface area contributed by atoms with Gasteiger partial charge in [0.05, 0.1) is 18.5 Å². The Bertz CT molecular complexity index is 592. The molecule has 3 rings (SSSR count). The fraction of sp³-hybridized carbons (Fsp3) is 0.467. The van der Waals surface area contributed by atoms with Crippen molar-refractivity contribution in [2.24, 2.45) is 0 Å². The zero-order valence-electron chi connectivity index (χ0n) is 12.4. The number of hydrogen-bond donors (Lipinski definition) is 2. The van der Waals surface area contributed by atoms with Gasteiger partial charge < -0.3 is 15.3 Å². The van der Waals surface area contributed by atoms with Crippen LogP contribution >= 0.6 is 0 Å². The van der Waals surface area contributed by atoms with Crippen molar-refractivity contribution >= 4 is 11.6 Å². The van der Waals surface area contributed by atoms with Crippen LogP contribution in [0.1, 0.15) is 24.5 Å². The quantitative estimate of drug-likeness (QED) is 0.857. The zero-order chi connectivity index (χ0) is 15.2. The van der Waals surface area contributed by atoms with Gasteiger partial charge in [-0.2, -0.15) is 0 Å². The monoisotopic (exact) mass is 300 g/mol. The van der Waals surface area contributed by atoms with Crippen LogP contribution in [-0.4, -0.2) is 56.2 Å². The maximum absolute atomic E-state index is 9.13. The van der Waals surface area contributed by atoms with Crippen molar-refractivity contribution in [3.05, 3.63) is 36.7 Å². The highest BCUT2D eigenvalue weighted by atomic mass is 16.3. The van der Waals surface area contributed by atoms with E-state index in [9.17, 15) is 0 Å². The van der Waals surface area contributed by atoms with Gasteiger partial charge in [0, 0.05) is 43.8 Å². The molecule has 1 atom stereocenters.